The number of aromatic nitrogens is 4. The van der Waals surface area contributed by atoms with Crippen LogP contribution in [-0.4, -0.2) is 53.8 Å². The number of amides is 1. The summed E-state index contributed by atoms with van der Waals surface area (Å²) in [5.41, 5.74) is 3.07. The third kappa shape index (κ3) is 4.44. The molecule has 9 nitrogen and oxygen atoms in total. The van der Waals surface area contributed by atoms with Crippen molar-refractivity contribution in [2.75, 3.05) is 5.32 Å². The van der Waals surface area contributed by atoms with E-state index in [1.54, 1.807) is 12.4 Å². The molecule has 2 saturated heterocycles. The van der Waals surface area contributed by atoms with Gasteiger partial charge in [-0.3, -0.25) is 9.48 Å². The molecule has 3 atom stereocenters. The second-order valence-corrected chi connectivity index (χ2v) is 10.2. The highest BCUT2D eigenvalue weighted by Gasteiger charge is 2.42. The number of nitriles is 1. The lowest BCUT2D eigenvalue weighted by atomic mass is 9.98. The van der Waals surface area contributed by atoms with Crippen LogP contribution < -0.4 is 5.32 Å². The third-order valence-electron chi connectivity index (χ3n) is 7.69. The number of hydrogen-bond donors (Lipinski definition) is 2. The van der Waals surface area contributed by atoms with Crippen molar-refractivity contribution < 1.29 is 9.90 Å². The molecule has 3 fully saturated rings. The highest BCUT2D eigenvalue weighted by atomic mass is 16.3. The molecule has 2 bridgehead atoms. The van der Waals surface area contributed by atoms with Gasteiger partial charge in [0.2, 0.25) is 5.95 Å². The molecule has 1 aromatic carbocycles. The number of aliphatic hydroxyl groups is 1. The van der Waals surface area contributed by atoms with E-state index < -0.39 is 0 Å². The summed E-state index contributed by atoms with van der Waals surface area (Å²) in [7, 11) is 0. The minimum atomic E-state index is -0.291. The minimum absolute atomic E-state index is 0.0390. The van der Waals surface area contributed by atoms with Crippen LogP contribution in [0.2, 0.25) is 0 Å². The van der Waals surface area contributed by atoms with E-state index >= 15 is 0 Å². The van der Waals surface area contributed by atoms with E-state index in [0.717, 1.165) is 42.6 Å². The summed E-state index contributed by atoms with van der Waals surface area (Å²) in [6, 6.07) is 11.9. The number of carbonyl (C=O) groups excluding carboxylic acids is 1. The van der Waals surface area contributed by atoms with Crippen LogP contribution in [0.3, 0.4) is 0 Å². The molecule has 3 unspecified atom stereocenters. The second-order valence-electron chi connectivity index (χ2n) is 10.2. The lowest BCUT2D eigenvalue weighted by molar-refractivity contribution is 0.0287. The highest BCUT2D eigenvalue weighted by molar-refractivity contribution is 5.95. The van der Waals surface area contributed by atoms with Crippen LogP contribution in [0.5, 0.6) is 0 Å². The summed E-state index contributed by atoms with van der Waals surface area (Å²) < 4.78 is 1.90. The van der Waals surface area contributed by atoms with Crippen LogP contribution in [-0.2, 0) is 0 Å². The van der Waals surface area contributed by atoms with E-state index in [1.165, 1.54) is 0 Å². The van der Waals surface area contributed by atoms with Gasteiger partial charge in [0, 0.05) is 41.3 Å². The molecule has 0 radical (unpaired) electrons. The molecule has 2 aliphatic heterocycles. The molecule has 6 rings (SSSR count). The molecular formula is C27H29N7O2. The van der Waals surface area contributed by atoms with Crippen molar-refractivity contribution in [1.29, 1.82) is 5.26 Å². The fourth-order valence-corrected chi connectivity index (χ4v) is 5.74. The minimum Gasteiger partial charge on any atom is -0.393 e. The van der Waals surface area contributed by atoms with Gasteiger partial charge in [0.05, 0.1) is 36.5 Å². The Morgan fingerprint density at radius 1 is 1.14 bits per heavy atom. The Morgan fingerprint density at radius 3 is 2.58 bits per heavy atom. The Bertz CT molecular complexity index is 1280. The normalized spacial score (nSPS) is 23.8. The monoisotopic (exact) mass is 483 g/mol. The molecule has 36 heavy (non-hydrogen) atoms. The molecule has 3 aliphatic rings. The van der Waals surface area contributed by atoms with Gasteiger partial charge in [-0.05, 0) is 74.8 Å². The maximum Gasteiger partial charge on any atom is 0.254 e. The first-order valence-corrected chi connectivity index (χ1v) is 12.7. The quantitative estimate of drug-likeness (QED) is 0.520. The van der Waals surface area contributed by atoms with E-state index in [-0.39, 0.29) is 30.1 Å². The molecule has 184 valence electrons. The third-order valence-corrected chi connectivity index (χ3v) is 7.69. The van der Waals surface area contributed by atoms with Crippen LogP contribution in [0.15, 0.2) is 48.9 Å². The zero-order chi connectivity index (χ0) is 24.6. The summed E-state index contributed by atoms with van der Waals surface area (Å²) >= 11 is 0. The van der Waals surface area contributed by atoms with Gasteiger partial charge in [-0.2, -0.15) is 10.4 Å². The zero-order valence-electron chi connectivity index (χ0n) is 20.0. The standard InChI is InChI=1S/C27H29N7O2/c28-11-9-25(17-1-2-17)33-16-19(15-30-33)24-10-12-29-27(32-24)31-20-5-3-18(4-6-20)26(36)34-21-7-8-22(34)14-23(35)13-21/h3-6,10,12,15-17,21-23,25,35H,1-2,7-9,13-14H2,(H,29,31,32). The Morgan fingerprint density at radius 2 is 1.89 bits per heavy atom. The Labute approximate surface area is 209 Å². The number of fused-ring (bicyclic) bond motifs is 2. The van der Waals surface area contributed by atoms with Crippen molar-refractivity contribution in [3.63, 3.8) is 0 Å². The number of rotatable bonds is 7. The van der Waals surface area contributed by atoms with Crippen molar-refractivity contribution in [3.8, 4) is 17.3 Å². The number of anilines is 2. The van der Waals surface area contributed by atoms with Crippen LogP contribution in [0.4, 0.5) is 11.6 Å². The van der Waals surface area contributed by atoms with Crippen LogP contribution in [0.1, 0.15) is 61.3 Å². The van der Waals surface area contributed by atoms with Crippen LogP contribution in [0, 0.1) is 17.2 Å². The first kappa shape index (κ1) is 22.7. The van der Waals surface area contributed by atoms with Gasteiger partial charge in [-0.25, -0.2) is 9.97 Å². The van der Waals surface area contributed by atoms with E-state index in [4.69, 9.17) is 0 Å². The topological polar surface area (TPSA) is 120 Å². The molecule has 0 spiro atoms. The van der Waals surface area contributed by atoms with Gasteiger partial charge in [-0.15, -0.1) is 0 Å². The fourth-order valence-electron chi connectivity index (χ4n) is 5.74. The van der Waals surface area contributed by atoms with Crippen molar-refractivity contribution in [2.24, 2.45) is 5.92 Å². The van der Waals surface area contributed by atoms with Crippen molar-refractivity contribution in [3.05, 3.63) is 54.5 Å². The summed E-state index contributed by atoms with van der Waals surface area (Å²) in [6.07, 6.45) is 11.2. The maximum absolute atomic E-state index is 13.1. The lowest BCUT2D eigenvalue weighted by Crippen LogP contribution is -2.47. The average molecular weight is 484 g/mol. The number of piperidine rings is 1. The molecule has 2 N–H and O–H groups in total. The Balaban J connectivity index is 1.14. The number of benzene rings is 1. The summed E-state index contributed by atoms with van der Waals surface area (Å²) in [5.74, 6) is 1.03. The van der Waals surface area contributed by atoms with E-state index in [0.29, 0.717) is 36.7 Å². The molecule has 1 aliphatic carbocycles. The lowest BCUT2D eigenvalue weighted by Gasteiger charge is -2.37. The zero-order valence-corrected chi connectivity index (χ0v) is 20.0. The number of nitrogens with zero attached hydrogens (tertiary/aromatic N) is 6. The number of aliphatic hydroxyl groups excluding tert-OH is 1. The molecule has 1 saturated carbocycles. The molecule has 2 aromatic heterocycles. The SMILES string of the molecule is N#CCC(C1CC1)n1cc(-c2ccnc(Nc3ccc(C(=O)N4C5CCC4CC(O)C5)cc3)n2)cn1. The Kier molecular flexibility index (Phi) is 5.89. The van der Waals surface area contributed by atoms with Gasteiger partial charge < -0.3 is 15.3 Å². The fraction of sp³-hybridized carbons (Fsp3) is 0.444. The van der Waals surface area contributed by atoms with E-state index in [1.807, 2.05) is 46.1 Å². The molecule has 4 heterocycles. The molecular weight excluding hydrogens is 454 g/mol. The first-order chi connectivity index (χ1) is 17.6. The van der Waals surface area contributed by atoms with Crippen molar-refractivity contribution in [2.45, 2.75) is 69.2 Å². The second kappa shape index (κ2) is 9.36. The smallest absolute Gasteiger partial charge is 0.254 e. The van der Waals surface area contributed by atoms with Gasteiger partial charge >= 0.3 is 0 Å². The van der Waals surface area contributed by atoms with Crippen LogP contribution >= 0.6 is 0 Å². The van der Waals surface area contributed by atoms with E-state index in [2.05, 4.69) is 26.5 Å². The number of nitrogens with one attached hydrogen (secondary N) is 1. The first-order valence-electron chi connectivity index (χ1n) is 12.7. The number of hydrogen-bond acceptors (Lipinski definition) is 7. The van der Waals surface area contributed by atoms with Gasteiger partial charge in [0.15, 0.2) is 0 Å². The largest absolute Gasteiger partial charge is 0.393 e. The molecule has 1 amide bonds. The average Bonchev–Trinajstić information content (AvgIpc) is 3.54. The van der Waals surface area contributed by atoms with Gasteiger partial charge in [0.25, 0.3) is 5.91 Å². The van der Waals surface area contributed by atoms with E-state index in [9.17, 15) is 15.2 Å². The highest BCUT2D eigenvalue weighted by Crippen LogP contribution is 2.41. The Hall–Kier alpha value is -3.77. The summed E-state index contributed by atoms with van der Waals surface area (Å²) in [6.45, 7) is 0. The summed E-state index contributed by atoms with van der Waals surface area (Å²) in [4.78, 5) is 24.1. The maximum atomic E-state index is 13.1. The number of carbonyl (C=O) groups is 1. The molecule has 9 heteroatoms. The van der Waals surface area contributed by atoms with Gasteiger partial charge in [0.1, 0.15) is 0 Å². The summed E-state index contributed by atoms with van der Waals surface area (Å²) in [5, 5.41) is 26.9. The van der Waals surface area contributed by atoms with Crippen LogP contribution in [0.25, 0.3) is 11.3 Å². The van der Waals surface area contributed by atoms with Gasteiger partial charge in [-0.1, -0.05) is 0 Å². The van der Waals surface area contributed by atoms with Crippen molar-refractivity contribution in [1.82, 2.24) is 24.6 Å². The predicted octanol–water partition coefficient (Wildman–Crippen LogP) is 4.08. The predicted molar refractivity (Wildman–Crippen MR) is 133 cm³/mol. The molecule has 3 aromatic rings. The van der Waals surface area contributed by atoms with Crippen molar-refractivity contribution >= 4 is 17.5 Å².